The molecule has 0 bridgehead atoms. The second-order valence-corrected chi connectivity index (χ2v) is 13.8. The summed E-state index contributed by atoms with van der Waals surface area (Å²) in [5.74, 6) is 1.25. The standard InChI is InChI=1S/C40H62N4O5S2/c1-3-5-7-9-11-13-15-17-19-21-31-47-39(45)43-37(50)41-33-23-27-35(28-24-33)49-36-29-25-34(26-30-36)42-38(51)44-40(46)48-32-22-20-18-16-14-12-10-8-6-4-2/h23-30H,3-22,31-32H2,1-2H3,(H2,41,43,45,50)(H2,42,44,46,51). The number of carbonyl (C=O) groups excluding carboxylic acids is 2. The molecule has 51 heavy (non-hydrogen) atoms. The Morgan fingerprint density at radius 2 is 0.765 bits per heavy atom. The van der Waals surface area contributed by atoms with Crippen molar-refractivity contribution in [3.05, 3.63) is 48.5 Å². The van der Waals surface area contributed by atoms with E-state index in [1.165, 1.54) is 103 Å². The summed E-state index contributed by atoms with van der Waals surface area (Å²) in [7, 11) is 0. The molecule has 0 spiro atoms. The third kappa shape index (κ3) is 23.6. The van der Waals surface area contributed by atoms with E-state index >= 15 is 0 Å². The normalized spacial score (nSPS) is 10.6. The number of hydrogen-bond acceptors (Lipinski definition) is 7. The zero-order chi connectivity index (χ0) is 36.8. The molecule has 4 N–H and O–H groups in total. The van der Waals surface area contributed by atoms with Gasteiger partial charge in [0.25, 0.3) is 0 Å². The molecule has 284 valence electrons. The molecule has 2 aromatic carbocycles. The molecule has 0 saturated carbocycles. The minimum absolute atomic E-state index is 0.162. The molecular formula is C40H62N4O5S2. The fraction of sp³-hybridized carbons (Fsp3) is 0.600. The number of alkyl carbamates (subject to hydrolysis) is 2. The molecule has 0 heterocycles. The number of anilines is 2. The minimum Gasteiger partial charge on any atom is -0.457 e. The van der Waals surface area contributed by atoms with Gasteiger partial charge in [-0.2, -0.15) is 0 Å². The number of hydrogen-bond donors (Lipinski definition) is 4. The van der Waals surface area contributed by atoms with E-state index in [-0.39, 0.29) is 10.2 Å². The van der Waals surface area contributed by atoms with Crippen LogP contribution in [0.2, 0.25) is 0 Å². The summed E-state index contributed by atoms with van der Waals surface area (Å²) in [5.41, 5.74) is 1.40. The van der Waals surface area contributed by atoms with Crippen molar-refractivity contribution in [1.82, 2.24) is 10.6 Å². The number of ether oxygens (including phenoxy) is 3. The van der Waals surface area contributed by atoms with Crippen LogP contribution >= 0.6 is 24.4 Å². The van der Waals surface area contributed by atoms with Crippen molar-refractivity contribution < 1.29 is 23.8 Å². The highest BCUT2D eigenvalue weighted by Gasteiger charge is 2.08. The van der Waals surface area contributed by atoms with Crippen LogP contribution in [0, 0.1) is 0 Å². The van der Waals surface area contributed by atoms with Crippen molar-refractivity contribution >= 4 is 58.2 Å². The third-order valence-corrected chi connectivity index (χ3v) is 8.76. The first-order chi connectivity index (χ1) is 24.9. The van der Waals surface area contributed by atoms with Crippen molar-refractivity contribution in [2.45, 2.75) is 142 Å². The maximum atomic E-state index is 12.1. The van der Waals surface area contributed by atoms with Crippen LogP contribution in [0.3, 0.4) is 0 Å². The van der Waals surface area contributed by atoms with Crippen LogP contribution in [-0.4, -0.2) is 35.6 Å². The highest BCUT2D eigenvalue weighted by molar-refractivity contribution is 7.80. The molecule has 2 rings (SSSR count). The van der Waals surface area contributed by atoms with Gasteiger partial charge < -0.3 is 24.8 Å². The Hall–Kier alpha value is -3.44. The first-order valence-corrected chi connectivity index (χ1v) is 20.1. The monoisotopic (exact) mass is 742 g/mol. The molecule has 9 nitrogen and oxygen atoms in total. The Bertz CT molecular complexity index is 1150. The fourth-order valence-electron chi connectivity index (χ4n) is 5.44. The van der Waals surface area contributed by atoms with E-state index in [1.807, 2.05) is 0 Å². The van der Waals surface area contributed by atoms with Crippen molar-refractivity contribution in [1.29, 1.82) is 0 Å². The molecule has 2 aromatic rings. The molecule has 0 aliphatic carbocycles. The average molecular weight is 743 g/mol. The van der Waals surface area contributed by atoms with Crippen LogP contribution in [0.25, 0.3) is 0 Å². The second kappa shape index (κ2) is 29.2. The van der Waals surface area contributed by atoms with Crippen LogP contribution in [0.15, 0.2) is 48.5 Å². The highest BCUT2D eigenvalue weighted by Crippen LogP contribution is 2.24. The number of carbonyl (C=O) groups is 2. The lowest BCUT2D eigenvalue weighted by Crippen LogP contribution is -2.34. The summed E-state index contributed by atoms with van der Waals surface area (Å²) in [5, 5.41) is 11.4. The molecule has 0 fully saturated rings. The first kappa shape index (κ1) is 43.7. The summed E-state index contributed by atoms with van der Waals surface area (Å²) in [6.45, 7) is 5.24. The molecule has 0 aliphatic heterocycles. The lowest BCUT2D eigenvalue weighted by Gasteiger charge is -2.12. The zero-order valence-electron chi connectivity index (χ0n) is 31.0. The van der Waals surface area contributed by atoms with E-state index < -0.39 is 12.2 Å². The number of nitrogens with one attached hydrogen (secondary N) is 4. The molecule has 2 amide bonds. The van der Waals surface area contributed by atoms with Crippen molar-refractivity contribution in [2.75, 3.05) is 23.8 Å². The van der Waals surface area contributed by atoms with Crippen LogP contribution in [0.1, 0.15) is 142 Å². The van der Waals surface area contributed by atoms with Crippen molar-refractivity contribution in [2.24, 2.45) is 0 Å². The van der Waals surface area contributed by atoms with Gasteiger partial charge in [-0.25, -0.2) is 9.59 Å². The number of benzene rings is 2. The van der Waals surface area contributed by atoms with E-state index in [1.54, 1.807) is 48.5 Å². The SMILES string of the molecule is CCCCCCCCCCCCOC(=O)NC(=S)Nc1ccc(Oc2ccc(NC(=S)NC(=O)OCCCCCCCCCCCC)cc2)cc1. The third-order valence-electron chi connectivity index (χ3n) is 8.35. The fourth-order valence-corrected chi connectivity index (χ4v) is 5.84. The van der Waals surface area contributed by atoms with Gasteiger partial charge in [0, 0.05) is 11.4 Å². The van der Waals surface area contributed by atoms with Crippen LogP contribution < -0.4 is 26.0 Å². The molecule has 0 aliphatic rings. The maximum Gasteiger partial charge on any atom is 0.413 e. The van der Waals surface area contributed by atoms with Crippen LogP contribution in [0.5, 0.6) is 11.5 Å². The second-order valence-electron chi connectivity index (χ2n) is 12.9. The number of unbranched alkanes of at least 4 members (excludes halogenated alkanes) is 18. The van der Waals surface area contributed by atoms with Gasteiger partial charge in [0.2, 0.25) is 0 Å². The molecule has 0 radical (unpaired) electrons. The number of rotatable bonds is 26. The van der Waals surface area contributed by atoms with E-state index in [4.69, 9.17) is 38.6 Å². The molecular weight excluding hydrogens is 681 g/mol. The summed E-state index contributed by atoms with van der Waals surface area (Å²) in [6, 6.07) is 14.4. The van der Waals surface area contributed by atoms with Crippen molar-refractivity contribution in [3.63, 3.8) is 0 Å². The van der Waals surface area contributed by atoms with E-state index in [9.17, 15) is 9.59 Å². The Labute approximate surface area is 317 Å². The van der Waals surface area contributed by atoms with Gasteiger partial charge in [-0.3, -0.25) is 10.6 Å². The van der Waals surface area contributed by atoms with Gasteiger partial charge in [-0.05, 0) is 85.8 Å². The Morgan fingerprint density at radius 3 is 1.08 bits per heavy atom. The predicted molar refractivity (Wildman–Crippen MR) is 218 cm³/mol. The Kier molecular flexibility index (Phi) is 25.0. The van der Waals surface area contributed by atoms with E-state index in [0.29, 0.717) is 36.1 Å². The van der Waals surface area contributed by atoms with Crippen molar-refractivity contribution in [3.8, 4) is 11.5 Å². The minimum atomic E-state index is -0.558. The molecule has 0 aromatic heterocycles. The molecule has 0 atom stereocenters. The zero-order valence-corrected chi connectivity index (χ0v) is 32.7. The summed E-state index contributed by atoms with van der Waals surface area (Å²) in [4.78, 5) is 24.2. The number of thiocarbonyl (C=S) groups is 2. The van der Waals surface area contributed by atoms with Crippen LogP contribution in [-0.2, 0) is 9.47 Å². The lowest BCUT2D eigenvalue weighted by atomic mass is 10.1. The summed E-state index contributed by atoms with van der Waals surface area (Å²) in [6.07, 6.45) is 23.4. The number of amides is 2. The van der Waals surface area contributed by atoms with Crippen LogP contribution in [0.4, 0.5) is 21.0 Å². The Morgan fingerprint density at radius 1 is 0.471 bits per heavy atom. The highest BCUT2D eigenvalue weighted by atomic mass is 32.1. The van der Waals surface area contributed by atoms with E-state index in [0.717, 1.165) is 25.7 Å². The molecule has 11 heteroatoms. The smallest absolute Gasteiger partial charge is 0.413 e. The van der Waals surface area contributed by atoms with Gasteiger partial charge >= 0.3 is 12.2 Å². The van der Waals surface area contributed by atoms with Gasteiger partial charge in [0.15, 0.2) is 10.2 Å². The van der Waals surface area contributed by atoms with Gasteiger partial charge in [0.1, 0.15) is 11.5 Å². The summed E-state index contributed by atoms with van der Waals surface area (Å²) >= 11 is 10.5. The molecule has 0 unspecified atom stereocenters. The van der Waals surface area contributed by atoms with Gasteiger partial charge in [-0.15, -0.1) is 0 Å². The first-order valence-electron chi connectivity index (χ1n) is 19.3. The lowest BCUT2D eigenvalue weighted by molar-refractivity contribution is 0.148. The summed E-state index contributed by atoms with van der Waals surface area (Å²) < 4.78 is 16.5. The maximum absolute atomic E-state index is 12.1. The topological polar surface area (TPSA) is 110 Å². The predicted octanol–water partition coefficient (Wildman–Crippen LogP) is 12.2. The largest absolute Gasteiger partial charge is 0.457 e. The van der Waals surface area contributed by atoms with Gasteiger partial charge in [-0.1, -0.05) is 129 Å². The van der Waals surface area contributed by atoms with Gasteiger partial charge in [0.05, 0.1) is 13.2 Å². The molecule has 0 saturated heterocycles. The quantitative estimate of drug-likeness (QED) is 0.0553. The average Bonchev–Trinajstić information content (AvgIpc) is 3.11. The van der Waals surface area contributed by atoms with E-state index in [2.05, 4.69) is 35.1 Å². The Balaban J connectivity index is 1.55.